The molecular weight excluding hydrogens is 344 g/mol. The van der Waals surface area contributed by atoms with Gasteiger partial charge in [-0.2, -0.15) is 0 Å². The Hall–Kier alpha value is -2.14. The van der Waals surface area contributed by atoms with Gasteiger partial charge in [0.05, 0.1) is 5.69 Å². The summed E-state index contributed by atoms with van der Waals surface area (Å²) in [6, 6.07) is 16.6. The molecule has 0 heterocycles. The summed E-state index contributed by atoms with van der Waals surface area (Å²) < 4.78 is 0.784. The van der Waals surface area contributed by atoms with Crippen LogP contribution in [0.2, 0.25) is 0 Å². The zero-order valence-electron chi connectivity index (χ0n) is 12.3. The SMILES string of the molecule is CCN(C(=O)CC(=O)Nc1ccccc1Br)c1ccccc1. The minimum Gasteiger partial charge on any atom is -0.325 e. The summed E-state index contributed by atoms with van der Waals surface area (Å²) in [6.07, 6.45) is -0.190. The predicted octanol–water partition coefficient (Wildman–Crippen LogP) is 3.83. The lowest BCUT2D eigenvalue weighted by atomic mass is 10.2. The van der Waals surface area contributed by atoms with Gasteiger partial charge in [-0.15, -0.1) is 0 Å². The molecular formula is C17H17BrN2O2. The monoisotopic (exact) mass is 360 g/mol. The van der Waals surface area contributed by atoms with Crippen molar-refractivity contribution in [2.24, 2.45) is 0 Å². The first-order chi connectivity index (χ1) is 10.6. The van der Waals surface area contributed by atoms with Crippen molar-refractivity contribution in [3.63, 3.8) is 0 Å². The van der Waals surface area contributed by atoms with Crippen molar-refractivity contribution >= 4 is 39.1 Å². The highest BCUT2D eigenvalue weighted by Gasteiger charge is 2.17. The van der Waals surface area contributed by atoms with Gasteiger partial charge in [-0.1, -0.05) is 30.3 Å². The molecule has 2 aromatic carbocycles. The molecule has 0 aromatic heterocycles. The van der Waals surface area contributed by atoms with E-state index in [1.807, 2.05) is 55.5 Å². The zero-order valence-corrected chi connectivity index (χ0v) is 13.8. The minimum absolute atomic E-state index is 0.190. The average Bonchev–Trinajstić information content (AvgIpc) is 2.51. The Morgan fingerprint density at radius 3 is 2.32 bits per heavy atom. The molecule has 1 N–H and O–H groups in total. The first-order valence-electron chi connectivity index (χ1n) is 7.01. The third-order valence-corrected chi connectivity index (χ3v) is 3.84. The van der Waals surface area contributed by atoms with Gasteiger partial charge in [-0.3, -0.25) is 9.59 Å². The van der Waals surface area contributed by atoms with Crippen LogP contribution in [0.1, 0.15) is 13.3 Å². The van der Waals surface area contributed by atoms with Crippen LogP contribution in [0.5, 0.6) is 0 Å². The molecule has 2 amide bonds. The lowest BCUT2D eigenvalue weighted by Crippen LogP contribution is -2.33. The van der Waals surface area contributed by atoms with E-state index in [-0.39, 0.29) is 18.2 Å². The van der Waals surface area contributed by atoms with Crippen molar-refractivity contribution < 1.29 is 9.59 Å². The van der Waals surface area contributed by atoms with Crippen molar-refractivity contribution in [1.82, 2.24) is 0 Å². The van der Waals surface area contributed by atoms with Crippen molar-refractivity contribution in [2.45, 2.75) is 13.3 Å². The first kappa shape index (κ1) is 16.2. The Morgan fingerprint density at radius 1 is 1.05 bits per heavy atom. The number of para-hydroxylation sites is 2. The van der Waals surface area contributed by atoms with E-state index in [4.69, 9.17) is 0 Å². The van der Waals surface area contributed by atoms with Gasteiger partial charge in [0.15, 0.2) is 0 Å². The topological polar surface area (TPSA) is 49.4 Å². The van der Waals surface area contributed by atoms with Crippen molar-refractivity contribution in [1.29, 1.82) is 0 Å². The number of hydrogen-bond acceptors (Lipinski definition) is 2. The van der Waals surface area contributed by atoms with Crippen molar-refractivity contribution in [3.05, 3.63) is 59.1 Å². The molecule has 2 aromatic rings. The molecule has 0 aliphatic heterocycles. The van der Waals surface area contributed by atoms with Crippen LogP contribution in [0, 0.1) is 0 Å². The molecule has 0 atom stereocenters. The molecule has 0 fully saturated rings. The molecule has 0 radical (unpaired) electrons. The molecule has 5 heteroatoms. The number of rotatable bonds is 5. The van der Waals surface area contributed by atoms with Crippen molar-refractivity contribution in [2.75, 3.05) is 16.8 Å². The average molecular weight is 361 g/mol. The number of nitrogens with zero attached hydrogens (tertiary/aromatic N) is 1. The Kier molecular flexibility index (Phi) is 5.72. The van der Waals surface area contributed by atoms with Crippen LogP contribution >= 0.6 is 15.9 Å². The molecule has 0 spiro atoms. The largest absolute Gasteiger partial charge is 0.325 e. The first-order valence-corrected chi connectivity index (χ1v) is 7.81. The summed E-state index contributed by atoms with van der Waals surface area (Å²) in [4.78, 5) is 26.0. The molecule has 4 nitrogen and oxygen atoms in total. The molecule has 114 valence electrons. The zero-order chi connectivity index (χ0) is 15.9. The number of nitrogens with one attached hydrogen (secondary N) is 1. The van der Waals surface area contributed by atoms with Crippen molar-refractivity contribution in [3.8, 4) is 0 Å². The van der Waals surface area contributed by atoms with Gasteiger partial charge in [-0.25, -0.2) is 0 Å². The quantitative estimate of drug-likeness (QED) is 0.823. The second-order valence-corrected chi connectivity index (χ2v) is 5.53. The Morgan fingerprint density at radius 2 is 1.68 bits per heavy atom. The maximum absolute atomic E-state index is 12.3. The fraction of sp³-hybridized carbons (Fsp3) is 0.176. The number of anilines is 2. The molecule has 0 saturated carbocycles. The highest BCUT2D eigenvalue weighted by Crippen LogP contribution is 2.21. The lowest BCUT2D eigenvalue weighted by molar-refractivity contribution is -0.125. The second-order valence-electron chi connectivity index (χ2n) is 4.68. The summed E-state index contributed by atoms with van der Waals surface area (Å²) in [5, 5.41) is 2.74. The van der Waals surface area contributed by atoms with Crippen LogP contribution in [-0.4, -0.2) is 18.4 Å². The molecule has 0 aliphatic rings. The minimum atomic E-state index is -0.328. The fourth-order valence-electron chi connectivity index (χ4n) is 2.10. The van der Waals surface area contributed by atoms with E-state index in [1.54, 1.807) is 11.0 Å². The highest BCUT2D eigenvalue weighted by molar-refractivity contribution is 9.10. The number of halogens is 1. The summed E-state index contributed by atoms with van der Waals surface area (Å²) in [5.41, 5.74) is 1.45. The normalized spacial score (nSPS) is 10.1. The summed E-state index contributed by atoms with van der Waals surface area (Å²) in [5.74, 6) is -0.551. The van der Waals surface area contributed by atoms with E-state index < -0.39 is 0 Å². The maximum atomic E-state index is 12.3. The lowest BCUT2D eigenvalue weighted by Gasteiger charge is -2.20. The molecule has 0 saturated heterocycles. The van der Waals surface area contributed by atoms with Crippen LogP contribution in [0.15, 0.2) is 59.1 Å². The van der Waals surface area contributed by atoms with Crippen LogP contribution < -0.4 is 10.2 Å². The van der Waals surface area contributed by atoms with Gasteiger partial charge in [0, 0.05) is 16.7 Å². The van der Waals surface area contributed by atoms with E-state index in [1.165, 1.54) is 0 Å². The third-order valence-electron chi connectivity index (χ3n) is 3.14. The molecule has 22 heavy (non-hydrogen) atoms. The van der Waals surface area contributed by atoms with Gasteiger partial charge < -0.3 is 10.2 Å². The molecule has 0 aliphatic carbocycles. The highest BCUT2D eigenvalue weighted by atomic mass is 79.9. The molecule has 2 rings (SSSR count). The number of amides is 2. The number of carbonyl (C=O) groups is 2. The summed E-state index contributed by atoms with van der Waals surface area (Å²) in [6.45, 7) is 2.40. The Bertz CT molecular complexity index is 659. The predicted molar refractivity (Wildman–Crippen MR) is 91.9 cm³/mol. The van der Waals surface area contributed by atoms with Gasteiger partial charge in [0.1, 0.15) is 6.42 Å². The number of carbonyl (C=O) groups excluding carboxylic acids is 2. The fourth-order valence-corrected chi connectivity index (χ4v) is 2.48. The van der Waals surface area contributed by atoms with E-state index in [9.17, 15) is 9.59 Å². The van der Waals surface area contributed by atoms with E-state index in [0.29, 0.717) is 12.2 Å². The van der Waals surface area contributed by atoms with Crippen LogP contribution in [0.3, 0.4) is 0 Å². The van der Waals surface area contributed by atoms with Crippen LogP contribution in [-0.2, 0) is 9.59 Å². The van der Waals surface area contributed by atoms with E-state index >= 15 is 0 Å². The number of benzene rings is 2. The molecule has 0 bridgehead atoms. The molecule has 0 unspecified atom stereocenters. The van der Waals surface area contributed by atoms with Gasteiger partial charge >= 0.3 is 0 Å². The van der Waals surface area contributed by atoms with Gasteiger partial charge in [0.2, 0.25) is 11.8 Å². The Labute approximate surface area is 138 Å². The van der Waals surface area contributed by atoms with Crippen LogP contribution in [0.25, 0.3) is 0 Å². The smallest absolute Gasteiger partial charge is 0.236 e. The van der Waals surface area contributed by atoms with E-state index in [0.717, 1.165) is 10.2 Å². The summed E-state index contributed by atoms with van der Waals surface area (Å²) >= 11 is 3.36. The standard InChI is InChI=1S/C17H17BrN2O2/c1-2-20(13-8-4-3-5-9-13)17(22)12-16(21)19-15-11-7-6-10-14(15)18/h3-11H,2,12H2,1H3,(H,19,21). The number of hydrogen-bond donors (Lipinski definition) is 1. The Balaban J connectivity index is 2.01. The van der Waals surface area contributed by atoms with Gasteiger partial charge in [0.25, 0.3) is 0 Å². The van der Waals surface area contributed by atoms with Gasteiger partial charge in [-0.05, 0) is 47.1 Å². The third kappa shape index (κ3) is 4.18. The second kappa shape index (κ2) is 7.75. The van der Waals surface area contributed by atoms with E-state index in [2.05, 4.69) is 21.2 Å². The maximum Gasteiger partial charge on any atom is 0.236 e. The van der Waals surface area contributed by atoms with Crippen LogP contribution in [0.4, 0.5) is 11.4 Å². The summed E-state index contributed by atoms with van der Waals surface area (Å²) in [7, 11) is 0.